The van der Waals surface area contributed by atoms with Gasteiger partial charge in [0.15, 0.2) is 0 Å². The number of benzene rings is 1. The molecule has 3 nitrogen and oxygen atoms in total. The van der Waals surface area contributed by atoms with Crippen LogP contribution in [0.2, 0.25) is 0 Å². The molecule has 0 unspecified atom stereocenters. The maximum Gasteiger partial charge on any atom is 0.223 e. The van der Waals surface area contributed by atoms with Crippen LogP contribution < -0.4 is 5.32 Å². The predicted molar refractivity (Wildman–Crippen MR) is 85.8 cm³/mol. The van der Waals surface area contributed by atoms with Gasteiger partial charge < -0.3 is 10.2 Å². The van der Waals surface area contributed by atoms with Gasteiger partial charge in [-0.25, -0.2) is 0 Å². The highest BCUT2D eigenvalue weighted by Crippen LogP contribution is 2.27. The van der Waals surface area contributed by atoms with E-state index in [0.717, 1.165) is 24.0 Å². The first-order chi connectivity index (χ1) is 9.61. The molecule has 0 bridgehead atoms. The van der Waals surface area contributed by atoms with E-state index in [2.05, 4.69) is 34.2 Å². The van der Waals surface area contributed by atoms with Crippen molar-refractivity contribution in [3.8, 4) is 0 Å². The molecule has 2 atom stereocenters. The fourth-order valence-electron chi connectivity index (χ4n) is 2.82. The lowest BCUT2D eigenvalue weighted by molar-refractivity contribution is -0.132. The van der Waals surface area contributed by atoms with E-state index in [1.165, 1.54) is 12.0 Å². The van der Waals surface area contributed by atoms with Crippen molar-refractivity contribution in [2.75, 3.05) is 20.1 Å². The van der Waals surface area contributed by atoms with Crippen molar-refractivity contribution in [3.63, 3.8) is 0 Å². The fraction of sp³-hybridized carbons (Fsp3) is 0.562. The molecule has 20 heavy (non-hydrogen) atoms. The number of hydrogen-bond donors (Lipinski definition) is 1. The summed E-state index contributed by atoms with van der Waals surface area (Å²) in [6.07, 6.45) is 2.85. The largest absolute Gasteiger partial charge is 0.341 e. The zero-order chi connectivity index (χ0) is 14.5. The number of likely N-dealkylation sites (N-methyl/N-ethyl adjacent to an activating group) is 1. The Kier molecular flexibility index (Phi) is 5.61. The molecule has 0 spiro atoms. The molecule has 0 aromatic heterocycles. The maximum absolute atomic E-state index is 12.4. The summed E-state index contributed by atoms with van der Waals surface area (Å²) in [7, 11) is 1.97. The fourth-order valence-corrected chi connectivity index (χ4v) is 3.49. The van der Waals surface area contributed by atoms with Gasteiger partial charge in [-0.05, 0) is 37.4 Å². The van der Waals surface area contributed by atoms with Crippen molar-refractivity contribution in [2.45, 2.75) is 38.1 Å². The van der Waals surface area contributed by atoms with Crippen molar-refractivity contribution >= 4 is 21.8 Å². The molecule has 1 amide bonds. The van der Waals surface area contributed by atoms with Crippen LogP contribution in [0.15, 0.2) is 28.7 Å². The first-order valence-corrected chi connectivity index (χ1v) is 8.10. The zero-order valence-corrected chi connectivity index (χ0v) is 13.8. The molecular formula is C16H23BrN2O. The molecule has 1 aliphatic heterocycles. The summed E-state index contributed by atoms with van der Waals surface area (Å²) in [5.41, 5.74) is 1.21. The highest BCUT2D eigenvalue weighted by molar-refractivity contribution is 9.10. The highest BCUT2D eigenvalue weighted by Gasteiger charge is 2.24. The van der Waals surface area contributed by atoms with Crippen LogP contribution in [0.3, 0.4) is 0 Å². The molecular weight excluding hydrogens is 316 g/mol. The number of hydrogen-bond acceptors (Lipinski definition) is 2. The number of nitrogens with zero attached hydrogens (tertiary/aromatic N) is 1. The van der Waals surface area contributed by atoms with Crippen molar-refractivity contribution in [1.29, 1.82) is 0 Å². The van der Waals surface area contributed by atoms with Crippen molar-refractivity contribution in [2.24, 2.45) is 0 Å². The molecule has 0 aliphatic carbocycles. The summed E-state index contributed by atoms with van der Waals surface area (Å²) in [4.78, 5) is 14.4. The Hall–Kier alpha value is -0.870. The van der Waals surface area contributed by atoms with E-state index in [0.29, 0.717) is 12.5 Å². The van der Waals surface area contributed by atoms with Gasteiger partial charge in [-0.15, -0.1) is 0 Å². The van der Waals surface area contributed by atoms with Crippen LogP contribution in [0.25, 0.3) is 0 Å². The van der Waals surface area contributed by atoms with Gasteiger partial charge in [-0.2, -0.15) is 0 Å². The Balaban J connectivity index is 1.95. The second-order valence-electron chi connectivity index (χ2n) is 5.59. The average Bonchev–Trinajstić information content (AvgIpc) is 2.47. The SMILES string of the molecule is CN[C@H]1CCCN(C(=O)C[C@H](C)c2ccccc2Br)C1. The van der Waals surface area contributed by atoms with Crippen molar-refractivity contribution in [1.82, 2.24) is 10.2 Å². The van der Waals surface area contributed by atoms with Crippen molar-refractivity contribution in [3.05, 3.63) is 34.3 Å². The molecule has 2 rings (SSSR count). The molecule has 1 saturated heterocycles. The van der Waals surface area contributed by atoms with Gasteiger partial charge >= 0.3 is 0 Å². The van der Waals surface area contributed by atoms with Gasteiger partial charge in [-0.1, -0.05) is 41.1 Å². The van der Waals surface area contributed by atoms with Gasteiger partial charge in [-0.3, -0.25) is 4.79 Å². The van der Waals surface area contributed by atoms with E-state index < -0.39 is 0 Å². The monoisotopic (exact) mass is 338 g/mol. The summed E-state index contributed by atoms with van der Waals surface area (Å²) < 4.78 is 1.09. The Morgan fingerprint density at radius 1 is 1.50 bits per heavy atom. The van der Waals surface area contributed by atoms with Gasteiger partial charge in [0.05, 0.1) is 0 Å². The van der Waals surface area contributed by atoms with Gasteiger partial charge in [0.1, 0.15) is 0 Å². The number of amides is 1. The Morgan fingerprint density at radius 2 is 2.25 bits per heavy atom. The molecule has 1 aromatic rings. The van der Waals surface area contributed by atoms with Crippen LogP contribution in [0.5, 0.6) is 0 Å². The topological polar surface area (TPSA) is 32.3 Å². The summed E-state index contributed by atoms with van der Waals surface area (Å²) in [5.74, 6) is 0.515. The highest BCUT2D eigenvalue weighted by atomic mass is 79.9. The second kappa shape index (κ2) is 7.23. The zero-order valence-electron chi connectivity index (χ0n) is 12.2. The molecule has 1 heterocycles. The van der Waals surface area contributed by atoms with Gasteiger partial charge in [0, 0.05) is 30.0 Å². The average molecular weight is 339 g/mol. The third kappa shape index (κ3) is 3.83. The summed E-state index contributed by atoms with van der Waals surface area (Å²) in [5, 5.41) is 3.28. The van der Waals surface area contributed by atoms with Crippen LogP contribution in [0, 0.1) is 0 Å². The number of rotatable bonds is 4. The normalized spacial score (nSPS) is 20.8. The maximum atomic E-state index is 12.4. The predicted octanol–water partition coefficient (Wildman–Crippen LogP) is 3.15. The van der Waals surface area contributed by atoms with Crippen LogP contribution in [0.1, 0.15) is 37.7 Å². The van der Waals surface area contributed by atoms with E-state index in [9.17, 15) is 4.79 Å². The van der Waals surface area contributed by atoms with Crippen molar-refractivity contribution < 1.29 is 4.79 Å². The summed E-state index contributed by atoms with van der Waals surface area (Å²) in [6.45, 7) is 3.87. The number of carbonyl (C=O) groups is 1. The summed E-state index contributed by atoms with van der Waals surface area (Å²) in [6, 6.07) is 8.61. The standard InChI is InChI=1S/C16H23BrN2O/c1-12(14-7-3-4-8-15(14)17)10-16(20)19-9-5-6-13(11-19)18-2/h3-4,7-8,12-13,18H,5-6,9-11H2,1-2H3/t12-,13-/m0/s1. The lowest BCUT2D eigenvalue weighted by Crippen LogP contribution is -2.47. The smallest absolute Gasteiger partial charge is 0.223 e. The van der Waals surface area contributed by atoms with E-state index in [-0.39, 0.29) is 11.8 Å². The second-order valence-corrected chi connectivity index (χ2v) is 6.45. The van der Waals surface area contributed by atoms with Gasteiger partial charge in [0.25, 0.3) is 0 Å². The third-order valence-electron chi connectivity index (χ3n) is 4.10. The number of piperidine rings is 1. The molecule has 1 fully saturated rings. The van der Waals surface area contributed by atoms with E-state index in [1.807, 2.05) is 30.1 Å². The molecule has 1 N–H and O–H groups in total. The minimum absolute atomic E-state index is 0.244. The van der Waals surface area contributed by atoms with Crippen LogP contribution in [-0.4, -0.2) is 37.0 Å². The third-order valence-corrected chi connectivity index (χ3v) is 4.82. The lowest BCUT2D eigenvalue weighted by Gasteiger charge is -2.33. The minimum atomic E-state index is 0.244. The van der Waals surface area contributed by atoms with Crippen LogP contribution in [-0.2, 0) is 4.79 Å². The minimum Gasteiger partial charge on any atom is -0.341 e. The molecule has 110 valence electrons. The van der Waals surface area contributed by atoms with E-state index in [1.54, 1.807) is 0 Å². The number of nitrogens with one attached hydrogen (secondary N) is 1. The van der Waals surface area contributed by atoms with E-state index >= 15 is 0 Å². The summed E-state index contributed by atoms with van der Waals surface area (Å²) >= 11 is 3.57. The molecule has 4 heteroatoms. The van der Waals surface area contributed by atoms with E-state index in [4.69, 9.17) is 0 Å². The molecule has 1 aromatic carbocycles. The first-order valence-electron chi connectivity index (χ1n) is 7.31. The van der Waals surface area contributed by atoms with Crippen LogP contribution >= 0.6 is 15.9 Å². The molecule has 0 radical (unpaired) electrons. The quantitative estimate of drug-likeness (QED) is 0.914. The Labute approximate surface area is 129 Å². The molecule has 0 saturated carbocycles. The Bertz CT molecular complexity index is 464. The first kappa shape index (κ1) is 15.5. The number of likely N-dealkylation sites (tertiary alicyclic amines) is 1. The number of halogens is 1. The number of carbonyl (C=O) groups excluding carboxylic acids is 1. The lowest BCUT2D eigenvalue weighted by atomic mass is 9.96. The van der Waals surface area contributed by atoms with Crippen LogP contribution in [0.4, 0.5) is 0 Å². The van der Waals surface area contributed by atoms with Gasteiger partial charge in [0.2, 0.25) is 5.91 Å². The Morgan fingerprint density at radius 3 is 2.95 bits per heavy atom. The molecule has 1 aliphatic rings.